The summed E-state index contributed by atoms with van der Waals surface area (Å²) >= 11 is 3.34. The van der Waals surface area contributed by atoms with E-state index in [0.29, 0.717) is 5.56 Å². The Kier molecular flexibility index (Phi) is 5.81. The molecular formula is C15H13BrN4O3. The van der Waals surface area contributed by atoms with Gasteiger partial charge in [-0.2, -0.15) is 5.10 Å². The molecule has 0 atom stereocenters. The quantitative estimate of drug-likeness (QED) is 0.460. The summed E-state index contributed by atoms with van der Waals surface area (Å²) in [6.45, 7) is 0.0583. The second kappa shape index (κ2) is 8.04. The predicted molar refractivity (Wildman–Crippen MR) is 91.5 cm³/mol. The van der Waals surface area contributed by atoms with Gasteiger partial charge in [0.25, 0.3) is 11.6 Å². The molecule has 2 rings (SSSR count). The lowest BCUT2D eigenvalue weighted by molar-refractivity contribution is -0.384. The molecule has 0 aliphatic carbocycles. The molecule has 23 heavy (non-hydrogen) atoms. The Morgan fingerprint density at radius 1 is 1.26 bits per heavy atom. The zero-order chi connectivity index (χ0) is 16.7. The minimum Gasteiger partial charge on any atom is -0.376 e. The fourth-order valence-electron chi connectivity index (χ4n) is 1.72. The standard InChI is InChI=1S/C15H13BrN4O3/c16-12-4-2-5-13(8-12)17-10-15(21)19-18-9-11-3-1-6-14(7-11)20(22)23/h1-9,17H,10H2,(H,19,21)/b18-9+. The van der Waals surface area contributed by atoms with Crippen molar-refractivity contribution in [2.24, 2.45) is 5.10 Å². The van der Waals surface area contributed by atoms with E-state index in [1.54, 1.807) is 12.1 Å². The van der Waals surface area contributed by atoms with Crippen LogP contribution in [0.3, 0.4) is 0 Å². The Labute approximate surface area is 140 Å². The SMILES string of the molecule is O=C(CNc1cccc(Br)c1)N/N=C/c1cccc([N+](=O)[O-])c1. The van der Waals surface area contributed by atoms with Gasteiger partial charge in [-0.15, -0.1) is 0 Å². The van der Waals surface area contributed by atoms with E-state index in [-0.39, 0.29) is 18.1 Å². The van der Waals surface area contributed by atoms with Crippen LogP contribution in [-0.4, -0.2) is 23.6 Å². The normalized spacial score (nSPS) is 10.5. The fourth-order valence-corrected chi connectivity index (χ4v) is 2.12. The molecule has 0 heterocycles. The van der Waals surface area contributed by atoms with Crippen molar-refractivity contribution in [3.8, 4) is 0 Å². The summed E-state index contributed by atoms with van der Waals surface area (Å²) < 4.78 is 0.909. The van der Waals surface area contributed by atoms with Crippen molar-refractivity contribution in [3.63, 3.8) is 0 Å². The molecular weight excluding hydrogens is 364 g/mol. The molecule has 118 valence electrons. The first-order valence-electron chi connectivity index (χ1n) is 6.60. The van der Waals surface area contributed by atoms with E-state index in [9.17, 15) is 14.9 Å². The lowest BCUT2D eigenvalue weighted by Crippen LogP contribution is -2.25. The highest BCUT2D eigenvalue weighted by atomic mass is 79.9. The zero-order valence-corrected chi connectivity index (χ0v) is 13.5. The number of nitrogens with zero attached hydrogens (tertiary/aromatic N) is 2. The van der Waals surface area contributed by atoms with E-state index in [1.165, 1.54) is 18.3 Å². The van der Waals surface area contributed by atoms with E-state index < -0.39 is 4.92 Å². The number of amides is 1. The van der Waals surface area contributed by atoms with Crippen LogP contribution in [-0.2, 0) is 4.79 Å². The Morgan fingerprint density at radius 3 is 2.78 bits per heavy atom. The predicted octanol–water partition coefficient (Wildman–Crippen LogP) is 2.92. The summed E-state index contributed by atoms with van der Waals surface area (Å²) in [7, 11) is 0. The molecule has 0 aliphatic heterocycles. The van der Waals surface area contributed by atoms with E-state index in [1.807, 2.05) is 24.3 Å². The number of anilines is 1. The van der Waals surface area contributed by atoms with E-state index >= 15 is 0 Å². The lowest BCUT2D eigenvalue weighted by Gasteiger charge is -2.05. The van der Waals surface area contributed by atoms with Crippen molar-refractivity contribution in [2.45, 2.75) is 0 Å². The van der Waals surface area contributed by atoms with Crippen molar-refractivity contribution in [2.75, 3.05) is 11.9 Å². The third kappa shape index (κ3) is 5.51. The summed E-state index contributed by atoms with van der Waals surface area (Å²) in [4.78, 5) is 21.8. The number of nitro benzene ring substituents is 1. The van der Waals surface area contributed by atoms with Crippen molar-refractivity contribution in [3.05, 3.63) is 68.7 Å². The highest BCUT2D eigenvalue weighted by Crippen LogP contribution is 2.15. The monoisotopic (exact) mass is 376 g/mol. The van der Waals surface area contributed by atoms with Crippen LogP contribution in [0.2, 0.25) is 0 Å². The average molecular weight is 377 g/mol. The Bertz CT molecular complexity index is 749. The first-order valence-corrected chi connectivity index (χ1v) is 7.40. The number of rotatable bonds is 6. The number of nitro groups is 1. The number of carbonyl (C=O) groups excluding carboxylic acids is 1. The second-order valence-electron chi connectivity index (χ2n) is 4.51. The molecule has 0 spiro atoms. The van der Waals surface area contributed by atoms with Gasteiger partial charge in [0.05, 0.1) is 17.7 Å². The number of hydrogen-bond acceptors (Lipinski definition) is 5. The second-order valence-corrected chi connectivity index (χ2v) is 5.42. The van der Waals surface area contributed by atoms with Gasteiger partial charge in [0.1, 0.15) is 0 Å². The number of nitrogens with one attached hydrogen (secondary N) is 2. The molecule has 0 saturated heterocycles. The Balaban J connectivity index is 1.84. The molecule has 1 amide bonds. The molecule has 0 unspecified atom stereocenters. The van der Waals surface area contributed by atoms with Gasteiger partial charge in [0, 0.05) is 27.9 Å². The number of hydrazone groups is 1. The van der Waals surface area contributed by atoms with E-state index in [4.69, 9.17) is 0 Å². The minimum atomic E-state index is -0.488. The van der Waals surface area contributed by atoms with Crippen LogP contribution < -0.4 is 10.7 Å². The largest absolute Gasteiger partial charge is 0.376 e. The van der Waals surface area contributed by atoms with Crippen LogP contribution in [0, 0.1) is 10.1 Å². The van der Waals surface area contributed by atoms with Crippen LogP contribution in [0.25, 0.3) is 0 Å². The zero-order valence-electron chi connectivity index (χ0n) is 11.9. The van der Waals surface area contributed by atoms with Crippen molar-refractivity contribution < 1.29 is 9.72 Å². The molecule has 0 bridgehead atoms. The number of benzene rings is 2. The van der Waals surface area contributed by atoms with Crippen molar-refractivity contribution in [1.29, 1.82) is 0 Å². The van der Waals surface area contributed by atoms with Gasteiger partial charge in [-0.05, 0) is 18.2 Å². The van der Waals surface area contributed by atoms with Gasteiger partial charge in [0.15, 0.2) is 0 Å². The molecule has 8 heteroatoms. The van der Waals surface area contributed by atoms with Gasteiger partial charge in [-0.3, -0.25) is 14.9 Å². The molecule has 0 radical (unpaired) electrons. The first kappa shape index (κ1) is 16.6. The topological polar surface area (TPSA) is 96.6 Å². The maximum absolute atomic E-state index is 11.7. The first-order chi connectivity index (χ1) is 11.0. The fraction of sp³-hybridized carbons (Fsp3) is 0.0667. The molecule has 0 saturated carbocycles. The summed E-state index contributed by atoms with van der Waals surface area (Å²) in [5, 5.41) is 17.4. The number of halogens is 1. The van der Waals surface area contributed by atoms with Crippen LogP contribution in [0.5, 0.6) is 0 Å². The third-order valence-electron chi connectivity index (χ3n) is 2.76. The molecule has 7 nitrogen and oxygen atoms in total. The molecule has 2 N–H and O–H groups in total. The van der Waals surface area contributed by atoms with Crippen molar-refractivity contribution >= 4 is 39.4 Å². The Hall–Kier alpha value is -2.74. The molecule has 2 aromatic carbocycles. The summed E-state index contributed by atoms with van der Waals surface area (Å²) in [5.74, 6) is -0.327. The summed E-state index contributed by atoms with van der Waals surface area (Å²) in [6.07, 6.45) is 1.35. The van der Waals surface area contributed by atoms with Gasteiger partial charge in [0.2, 0.25) is 0 Å². The number of carbonyl (C=O) groups is 1. The molecule has 2 aromatic rings. The van der Waals surface area contributed by atoms with Gasteiger partial charge >= 0.3 is 0 Å². The van der Waals surface area contributed by atoms with Crippen LogP contribution in [0.4, 0.5) is 11.4 Å². The van der Waals surface area contributed by atoms with Crippen LogP contribution in [0.1, 0.15) is 5.56 Å². The smallest absolute Gasteiger partial charge is 0.270 e. The highest BCUT2D eigenvalue weighted by molar-refractivity contribution is 9.10. The highest BCUT2D eigenvalue weighted by Gasteiger charge is 2.04. The van der Waals surface area contributed by atoms with Gasteiger partial charge < -0.3 is 5.32 Å². The Morgan fingerprint density at radius 2 is 2.04 bits per heavy atom. The summed E-state index contributed by atoms with van der Waals surface area (Å²) in [5.41, 5.74) is 3.65. The average Bonchev–Trinajstić information content (AvgIpc) is 2.53. The lowest BCUT2D eigenvalue weighted by atomic mass is 10.2. The number of non-ortho nitro benzene ring substituents is 1. The summed E-state index contributed by atoms with van der Waals surface area (Å²) in [6, 6.07) is 13.4. The number of hydrogen-bond donors (Lipinski definition) is 2. The van der Waals surface area contributed by atoms with E-state index in [2.05, 4.69) is 31.8 Å². The van der Waals surface area contributed by atoms with Gasteiger partial charge in [-0.25, -0.2) is 5.43 Å². The third-order valence-corrected chi connectivity index (χ3v) is 3.25. The minimum absolute atomic E-state index is 0.0309. The maximum atomic E-state index is 11.7. The maximum Gasteiger partial charge on any atom is 0.270 e. The van der Waals surface area contributed by atoms with Gasteiger partial charge in [-0.1, -0.05) is 34.1 Å². The molecule has 0 aromatic heterocycles. The van der Waals surface area contributed by atoms with Crippen LogP contribution in [0.15, 0.2) is 58.1 Å². The molecule has 0 fully saturated rings. The van der Waals surface area contributed by atoms with Crippen LogP contribution >= 0.6 is 15.9 Å². The molecule has 0 aliphatic rings. The van der Waals surface area contributed by atoms with E-state index in [0.717, 1.165) is 10.2 Å². The van der Waals surface area contributed by atoms with Crippen molar-refractivity contribution in [1.82, 2.24) is 5.43 Å².